The molecule has 1 heterocycles. The van der Waals surface area contributed by atoms with Crippen molar-refractivity contribution in [2.75, 3.05) is 5.32 Å². The predicted octanol–water partition coefficient (Wildman–Crippen LogP) is 5.24. The van der Waals surface area contributed by atoms with Gasteiger partial charge < -0.3 is 5.32 Å². The zero-order valence-corrected chi connectivity index (χ0v) is 18.8. The van der Waals surface area contributed by atoms with Gasteiger partial charge in [0, 0.05) is 16.8 Å². The van der Waals surface area contributed by atoms with Crippen molar-refractivity contribution >= 4 is 11.6 Å². The van der Waals surface area contributed by atoms with Crippen molar-refractivity contribution in [3.05, 3.63) is 96.6 Å². The third kappa shape index (κ3) is 3.82. The number of nitrogens with zero attached hydrogens (tertiary/aromatic N) is 2. The van der Waals surface area contributed by atoms with Crippen LogP contribution < -0.4 is 9.88 Å². The minimum Gasteiger partial charge on any atom is -0.325 e. The Morgan fingerprint density at radius 1 is 0.875 bits per heavy atom. The smallest absolute Gasteiger partial charge is 0.272 e. The van der Waals surface area contributed by atoms with E-state index in [1.165, 1.54) is 12.1 Å². The van der Waals surface area contributed by atoms with Crippen LogP contribution in [0.3, 0.4) is 0 Å². The molecule has 5 heteroatoms. The van der Waals surface area contributed by atoms with Crippen LogP contribution in [0, 0.1) is 5.82 Å². The molecule has 3 aromatic carbocycles. The number of imidazole rings is 1. The molecular formula is C27H27FN3O+. The van der Waals surface area contributed by atoms with Gasteiger partial charge >= 0.3 is 0 Å². The molecule has 1 amide bonds. The third-order valence-electron chi connectivity index (χ3n) is 5.85. The molecule has 32 heavy (non-hydrogen) atoms. The van der Waals surface area contributed by atoms with E-state index in [0.29, 0.717) is 5.69 Å². The largest absolute Gasteiger partial charge is 0.325 e. The van der Waals surface area contributed by atoms with Crippen molar-refractivity contribution in [1.82, 2.24) is 4.57 Å². The Labute approximate surface area is 188 Å². The van der Waals surface area contributed by atoms with Gasteiger partial charge in [0.2, 0.25) is 5.91 Å². The van der Waals surface area contributed by atoms with Crippen LogP contribution in [0.25, 0.3) is 22.5 Å². The fourth-order valence-electron chi connectivity index (χ4n) is 4.37. The average Bonchev–Trinajstić information content (AvgIpc) is 3.07. The van der Waals surface area contributed by atoms with E-state index in [4.69, 9.17) is 0 Å². The van der Waals surface area contributed by atoms with Gasteiger partial charge in [0.1, 0.15) is 11.2 Å². The summed E-state index contributed by atoms with van der Waals surface area (Å²) < 4.78 is 17.5. The van der Waals surface area contributed by atoms with Crippen LogP contribution in [0.4, 0.5) is 10.1 Å². The van der Waals surface area contributed by atoms with Gasteiger partial charge in [0.15, 0.2) is 11.4 Å². The molecule has 0 bridgehead atoms. The van der Waals surface area contributed by atoms with Crippen LogP contribution in [0.5, 0.6) is 0 Å². The monoisotopic (exact) mass is 428 g/mol. The Hall–Kier alpha value is -3.73. The summed E-state index contributed by atoms with van der Waals surface area (Å²) in [5.41, 5.74) is 3.92. The summed E-state index contributed by atoms with van der Waals surface area (Å²) in [6, 6.07) is 26.2. The van der Waals surface area contributed by atoms with Crippen molar-refractivity contribution in [1.29, 1.82) is 0 Å². The first kappa shape index (κ1) is 21.5. The highest BCUT2D eigenvalue weighted by Crippen LogP contribution is 2.34. The number of rotatable bonds is 5. The summed E-state index contributed by atoms with van der Waals surface area (Å²) in [7, 11) is 3.99. The Balaban J connectivity index is 1.86. The second-order valence-electron chi connectivity index (χ2n) is 8.46. The van der Waals surface area contributed by atoms with Crippen molar-refractivity contribution < 1.29 is 13.8 Å². The molecule has 0 aliphatic heterocycles. The predicted molar refractivity (Wildman–Crippen MR) is 126 cm³/mol. The number of benzene rings is 3. The Bertz CT molecular complexity index is 1180. The number of hydrogen-bond acceptors (Lipinski definition) is 1. The zero-order valence-electron chi connectivity index (χ0n) is 18.8. The summed E-state index contributed by atoms with van der Waals surface area (Å²) in [4.78, 5) is 13.4. The first-order valence-electron chi connectivity index (χ1n) is 10.6. The van der Waals surface area contributed by atoms with Crippen LogP contribution >= 0.6 is 0 Å². The number of amides is 1. The number of nitrogens with one attached hydrogen (secondary N) is 1. The van der Waals surface area contributed by atoms with E-state index in [1.807, 2.05) is 64.3 Å². The minimum absolute atomic E-state index is 0.167. The Morgan fingerprint density at radius 2 is 1.41 bits per heavy atom. The number of carbonyl (C=O) groups is 1. The molecule has 1 N–H and O–H groups in total. The molecule has 0 aliphatic rings. The molecule has 162 valence electrons. The highest BCUT2D eigenvalue weighted by atomic mass is 19.1. The minimum atomic E-state index is -0.867. The molecule has 0 saturated carbocycles. The summed E-state index contributed by atoms with van der Waals surface area (Å²) in [5.74, 6) is 0.352. The zero-order chi connectivity index (χ0) is 22.9. The maximum Gasteiger partial charge on any atom is 0.272 e. The van der Waals surface area contributed by atoms with Crippen LogP contribution in [0.15, 0.2) is 84.9 Å². The van der Waals surface area contributed by atoms with Crippen molar-refractivity contribution in [2.24, 2.45) is 14.1 Å². The summed E-state index contributed by atoms with van der Waals surface area (Å²) >= 11 is 0. The van der Waals surface area contributed by atoms with Crippen LogP contribution in [-0.2, 0) is 24.3 Å². The Morgan fingerprint density at radius 3 is 1.97 bits per heavy atom. The van der Waals surface area contributed by atoms with E-state index < -0.39 is 5.41 Å². The second-order valence-corrected chi connectivity index (χ2v) is 8.46. The quantitative estimate of drug-likeness (QED) is 0.434. The van der Waals surface area contributed by atoms with E-state index in [2.05, 4.69) is 38.7 Å². The van der Waals surface area contributed by atoms with Crippen molar-refractivity contribution in [3.8, 4) is 22.5 Å². The van der Waals surface area contributed by atoms with Crippen LogP contribution in [-0.4, -0.2) is 10.5 Å². The summed E-state index contributed by atoms with van der Waals surface area (Å²) in [6.07, 6.45) is 0. The first-order chi connectivity index (χ1) is 15.3. The number of hydrogen-bond donors (Lipinski definition) is 1. The normalized spacial score (nSPS) is 11.4. The summed E-state index contributed by atoms with van der Waals surface area (Å²) in [6.45, 7) is 3.81. The molecule has 0 fully saturated rings. The van der Waals surface area contributed by atoms with E-state index in [1.54, 1.807) is 12.1 Å². The average molecular weight is 429 g/mol. The highest BCUT2D eigenvalue weighted by Gasteiger charge is 2.43. The molecular weight excluding hydrogens is 401 g/mol. The van der Waals surface area contributed by atoms with Gasteiger partial charge in [0.25, 0.3) is 5.82 Å². The second kappa shape index (κ2) is 8.42. The molecule has 0 atom stereocenters. The van der Waals surface area contributed by atoms with E-state index >= 15 is 0 Å². The van der Waals surface area contributed by atoms with E-state index in [0.717, 1.165) is 28.3 Å². The number of anilines is 1. The lowest BCUT2D eigenvalue weighted by Crippen LogP contribution is -2.47. The topological polar surface area (TPSA) is 37.9 Å². The lowest BCUT2D eigenvalue weighted by atomic mass is 9.90. The molecule has 0 saturated heterocycles. The third-order valence-corrected chi connectivity index (χ3v) is 5.85. The lowest BCUT2D eigenvalue weighted by Gasteiger charge is -2.21. The Kier molecular flexibility index (Phi) is 5.66. The first-order valence-corrected chi connectivity index (χ1v) is 10.6. The molecule has 1 aromatic heterocycles. The van der Waals surface area contributed by atoms with Gasteiger partial charge in [-0.25, -0.2) is 13.5 Å². The molecule has 0 aliphatic carbocycles. The van der Waals surface area contributed by atoms with Gasteiger partial charge in [-0.3, -0.25) is 4.79 Å². The maximum absolute atomic E-state index is 13.4. The van der Waals surface area contributed by atoms with Gasteiger partial charge in [-0.05, 0) is 38.1 Å². The highest BCUT2D eigenvalue weighted by molar-refractivity contribution is 5.98. The van der Waals surface area contributed by atoms with E-state index in [9.17, 15) is 9.18 Å². The lowest BCUT2D eigenvalue weighted by molar-refractivity contribution is -0.670. The fourth-order valence-corrected chi connectivity index (χ4v) is 4.37. The standard InChI is InChI=1S/C27H26FN3O/c1-27(2,25(32)29-22-17-15-21(28)16-18-22)26-30(3)23(19-11-7-5-8-12-19)24(31(26)4)20-13-9-6-10-14-20/h5-18H,1-4H3/p+1. The SMILES string of the molecule is Cn1c(-c2ccccc2)c(-c2ccccc2)[n+](C)c1C(C)(C)C(=O)Nc1ccc(F)cc1. The van der Waals surface area contributed by atoms with E-state index in [-0.39, 0.29) is 11.7 Å². The maximum atomic E-state index is 13.4. The van der Waals surface area contributed by atoms with Crippen molar-refractivity contribution in [3.63, 3.8) is 0 Å². The molecule has 0 radical (unpaired) electrons. The molecule has 0 unspecified atom stereocenters. The van der Waals surface area contributed by atoms with Crippen LogP contribution in [0.1, 0.15) is 19.7 Å². The van der Waals surface area contributed by atoms with Gasteiger partial charge in [-0.1, -0.05) is 60.7 Å². The molecule has 4 aromatic rings. The fraction of sp³-hybridized carbons (Fsp3) is 0.185. The molecule has 0 spiro atoms. The number of halogens is 1. The van der Waals surface area contributed by atoms with Crippen LogP contribution in [0.2, 0.25) is 0 Å². The summed E-state index contributed by atoms with van der Waals surface area (Å²) in [5, 5.41) is 2.94. The number of carbonyl (C=O) groups excluding carboxylic acids is 1. The van der Waals surface area contributed by atoms with Gasteiger partial charge in [-0.15, -0.1) is 0 Å². The van der Waals surface area contributed by atoms with Crippen molar-refractivity contribution in [2.45, 2.75) is 19.3 Å². The van der Waals surface area contributed by atoms with Gasteiger partial charge in [0.05, 0.1) is 14.1 Å². The van der Waals surface area contributed by atoms with Gasteiger partial charge in [-0.2, -0.15) is 0 Å². The molecule has 4 nitrogen and oxygen atoms in total. The molecule has 4 rings (SSSR count). The number of aromatic nitrogens is 2.